The van der Waals surface area contributed by atoms with Crippen LogP contribution in [-0.2, 0) is 6.42 Å². The van der Waals surface area contributed by atoms with Crippen LogP contribution in [0.25, 0.3) is 5.69 Å². The van der Waals surface area contributed by atoms with Crippen molar-refractivity contribution in [1.82, 2.24) is 20.4 Å². The predicted octanol–water partition coefficient (Wildman–Crippen LogP) is 2.89. The first-order chi connectivity index (χ1) is 12.3. The van der Waals surface area contributed by atoms with Crippen LogP contribution in [-0.4, -0.2) is 46.9 Å². The first kappa shape index (κ1) is 19.1. The fourth-order valence-corrected chi connectivity index (χ4v) is 2.85. The molecule has 2 aromatic rings. The van der Waals surface area contributed by atoms with Crippen LogP contribution in [0.4, 0.5) is 0 Å². The second kappa shape index (κ2) is 11.4. The van der Waals surface area contributed by atoms with E-state index in [4.69, 9.17) is 0 Å². The summed E-state index contributed by atoms with van der Waals surface area (Å²) in [5, 5.41) is 10.9. The number of rotatable bonds is 10. The number of nitrogens with zero attached hydrogens (tertiary/aromatic N) is 3. The predicted molar refractivity (Wildman–Crippen MR) is 109 cm³/mol. The summed E-state index contributed by atoms with van der Waals surface area (Å²) in [5.41, 5.74) is 2.37. The van der Waals surface area contributed by atoms with Crippen LogP contribution in [0.5, 0.6) is 0 Å². The maximum absolute atomic E-state index is 4.59. The molecule has 2 N–H and O–H groups in total. The highest BCUT2D eigenvalue weighted by molar-refractivity contribution is 7.99. The Labute approximate surface area is 154 Å². The molecule has 134 valence electrons. The minimum absolute atomic E-state index is 0.812. The molecule has 5 nitrogen and oxygen atoms in total. The number of hydrogen-bond acceptors (Lipinski definition) is 3. The molecule has 0 atom stereocenters. The summed E-state index contributed by atoms with van der Waals surface area (Å²) in [6.07, 6.45) is 6.61. The molecular formula is C19H27N5S. The molecule has 1 aromatic heterocycles. The smallest absolute Gasteiger partial charge is 0.191 e. The van der Waals surface area contributed by atoms with Crippen molar-refractivity contribution in [3.8, 4) is 5.69 Å². The van der Waals surface area contributed by atoms with Crippen molar-refractivity contribution in [3.05, 3.63) is 60.9 Å². The molecule has 0 aliphatic heterocycles. The average molecular weight is 358 g/mol. The fraction of sp³-hybridized carbons (Fsp3) is 0.368. The van der Waals surface area contributed by atoms with E-state index in [1.165, 1.54) is 5.56 Å². The number of nitrogens with one attached hydrogen (secondary N) is 2. The van der Waals surface area contributed by atoms with Gasteiger partial charge in [-0.05, 0) is 37.1 Å². The van der Waals surface area contributed by atoms with Crippen LogP contribution in [0.1, 0.15) is 12.5 Å². The maximum Gasteiger partial charge on any atom is 0.191 e. The van der Waals surface area contributed by atoms with Crippen molar-refractivity contribution in [2.24, 2.45) is 4.99 Å². The summed E-state index contributed by atoms with van der Waals surface area (Å²) in [6.45, 7) is 8.34. The summed E-state index contributed by atoms with van der Waals surface area (Å²) in [4.78, 5) is 4.59. The van der Waals surface area contributed by atoms with Crippen LogP contribution in [0, 0.1) is 0 Å². The van der Waals surface area contributed by atoms with E-state index in [1.54, 1.807) is 6.20 Å². The second-order valence-electron chi connectivity index (χ2n) is 5.42. The zero-order chi connectivity index (χ0) is 17.7. The first-order valence-electron chi connectivity index (χ1n) is 8.63. The minimum atomic E-state index is 0.812. The van der Waals surface area contributed by atoms with Crippen molar-refractivity contribution in [1.29, 1.82) is 0 Å². The van der Waals surface area contributed by atoms with E-state index < -0.39 is 0 Å². The molecule has 0 bridgehead atoms. The average Bonchev–Trinajstić information content (AvgIpc) is 3.17. The number of hydrogen-bond donors (Lipinski definition) is 2. The largest absolute Gasteiger partial charge is 0.357 e. The molecule has 0 saturated heterocycles. The van der Waals surface area contributed by atoms with Gasteiger partial charge in [0.25, 0.3) is 0 Å². The third-order valence-electron chi connectivity index (χ3n) is 3.50. The third-order valence-corrected chi connectivity index (χ3v) is 4.44. The zero-order valence-corrected chi connectivity index (χ0v) is 15.6. The Bertz CT molecular complexity index is 634. The number of aliphatic imine (C=N–C) groups is 1. The molecule has 1 heterocycles. The maximum atomic E-state index is 4.59. The lowest BCUT2D eigenvalue weighted by Gasteiger charge is -2.11. The van der Waals surface area contributed by atoms with Gasteiger partial charge in [-0.25, -0.2) is 4.68 Å². The van der Waals surface area contributed by atoms with E-state index >= 15 is 0 Å². The summed E-state index contributed by atoms with van der Waals surface area (Å²) in [5.74, 6) is 2.88. The van der Waals surface area contributed by atoms with Gasteiger partial charge in [0.2, 0.25) is 0 Å². The Morgan fingerprint density at radius 2 is 2.16 bits per heavy atom. The topological polar surface area (TPSA) is 54.2 Å². The Morgan fingerprint density at radius 1 is 1.32 bits per heavy atom. The molecule has 0 radical (unpaired) electrons. The third kappa shape index (κ3) is 7.05. The quantitative estimate of drug-likeness (QED) is 0.297. The van der Waals surface area contributed by atoms with Gasteiger partial charge in [0.1, 0.15) is 0 Å². The standard InChI is InChI=1S/C19H27N5S/c1-3-15-25-16-13-22-19(20-4-2)21-12-10-17-6-8-18(9-7-17)24-14-5-11-23-24/h3,5-9,11,14H,1,4,10,12-13,15-16H2,2H3,(H2,20,21,22). The van der Waals surface area contributed by atoms with E-state index in [2.05, 4.69) is 58.5 Å². The number of thioether (sulfide) groups is 1. The number of guanidine groups is 1. The first-order valence-corrected chi connectivity index (χ1v) is 9.78. The van der Waals surface area contributed by atoms with Gasteiger partial charge in [-0.15, -0.1) is 6.58 Å². The molecular weight excluding hydrogens is 330 g/mol. The van der Waals surface area contributed by atoms with Gasteiger partial charge >= 0.3 is 0 Å². The van der Waals surface area contributed by atoms with Crippen molar-refractivity contribution in [2.45, 2.75) is 13.3 Å². The number of aromatic nitrogens is 2. The highest BCUT2D eigenvalue weighted by atomic mass is 32.2. The lowest BCUT2D eigenvalue weighted by molar-refractivity contribution is 0.803. The van der Waals surface area contributed by atoms with Gasteiger partial charge < -0.3 is 10.6 Å². The van der Waals surface area contributed by atoms with Crippen molar-refractivity contribution >= 4 is 17.7 Å². The highest BCUT2D eigenvalue weighted by Crippen LogP contribution is 2.08. The molecule has 1 aromatic carbocycles. The molecule has 0 unspecified atom stereocenters. The minimum Gasteiger partial charge on any atom is -0.357 e. The van der Waals surface area contributed by atoms with Crippen LogP contribution < -0.4 is 10.6 Å². The molecule has 0 aliphatic carbocycles. The SMILES string of the molecule is C=CCSCCN=C(NCC)NCCc1ccc(-n2cccn2)cc1. The Hall–Kier alpha value is -2.21. The van der Waals surface area contributed by atoms with Crippen molar-refractivity contribution in [2.75, 3.05) is 31.1 Å². The molecule has 25 heavy (non-hydrogen) atoms. The lowest BCUT2D eigenvalue weighted by atomic mass is 10.1. The van der Waals surface area contributed by atoms with E-state index in [0.29, 0.717) is 0 Å². The summed E-state index contributed by atoms with van der Waals surface area (Å²) < 4.78 is 1.86. The normalized spacial score (nSPS) is 11.3. The monoisotopic (exact) mass is 357 g/mol. The Kier molecular flexibility index (Phi) is 8.69. The lowest BCUT2D eigenvalue weighted by Crippen LogP contribution is -2.38. The molecule has 0 spiro atoms. The molecule has 0 amide bonds. The van der Waals surface area contributed by atoms with Crippen LogP contribution in [0.3, 0.4) is 0 Å². The van der Waals surface area contributed by atoms with Gasteiger partial charge in [-0.3, -0.25) is 4.99 Å². The van der Waals surface area contributed by atoms with Crippen LogP contribution in [0.15, 0.2) is 60.4 Å². The molecule has 0 fully saturated rings. The van der Waals surface area contributed by atoms with Gasteiger partial charge in [-0.1, -0.05) is 18.2 Å². The fourth-order valence-electron chi connectivity index (χ4n) is 2.29. The molecule has 6 heteroatoms. The number of benzene rings is 1. The molecule has 0 saturated carbocycles. The summed E-state index contributed by atoms with van der Waals surface area (Å²) in [6, 6.07) is 10.4. The van der Waals surface area contributed by atoms with Crippen LogP contribution in [0.2, 0.25) is 0 Å². The highest BCUT2D eigenvalue weighted by Gasteiger charge is 1.99. The van der Waals surface area contributed by atoms with E-state index in [9.17, 15) is 0 Å². The Balaban J connectivity index is 1.76. The summed E-state index contributed by atoms with van der Waals surface area (Å²) in [7, 11) is 0. The van der Waals surface area contributed by atoms with Gasteiger partial charge in [-0.2, -0.15) is 16.9 Å². The van der Waals surface area contributed by atoms with Gasteiger partial charge in [0, 0.05) is 37.0 Å². The van der Waals surface area contributed by atoms with Crippen molar-refractivity contribution in [3.63, 3.8) is 0 Å². The van der Waals surface area contributed by atoms with Gasteiger partial charge in [0.15, 0.2) is 5.96 Å². The van der Waals surface area contributed by atoms with E-state index in [1.807, 2.05) is 34.8 Å². The second-order valence-corrected chi connectivity index (χ2v) is 6.57. The van der Waals surface area contributed by atoms with Gasteiger partial charge in [0.05, 0.1) is 12.2 Å². The summed E-state index contributed by atoms with van der Waals surface area (Å²) >= 11 is 1.85. The molecule has 0 aliphatic rings. The van der Waals surface area contributed by atoms with Crippen molar-refractivity contribution < 1.29 is 0 Å². The molecule has 2 rings (SSSR count). The Morgan fingerprint density at radius 3 is 2.84 bits per heavy atom. The van der Waals surface area contributed by atoms with E-state index in [-0.39, 0.29) is 0 Å². The zero-order valence-electron chi connectivity index (χ0n) is 14.8. The van der Waals surface area contributed by atoms with E-state index in [0.717, 1.165) is 49.2 Å². The van der Waals surface area contributed by atoms with Crippen LogP contribution >= 0.6 is 11.8 Å².